The highest BCUT2D eigenvalue weighted by molar-refractivity contribution is 5.76. The maximum absolute atomic E-state index is 11.4. The van der Waals surface area contributed by atoms with Crippen LogP contribution in [-0.2, 0) is 14.3 Å². The van der Waals surface area contributed by atoms with Crippen molar-refractivity contribution in [3.8, 4) is 0 Å². The van der Waals surface area contributed by atoms with Crippen LogP contribution in [0.1, 0.15) is 13.8 Å². The monoisotopic (exact) mass is 215 g/mol. The van der Waals surface area contributed by atoms with Crippen molar-refractivity contribution in [1.82, 2.24) is 0 Å². The number of aliphatic hydroxyl groups excluding tert-OH is 1. The molecule has 0 aromatic rings. The van der Waals surface area contributed by atoms with Gasteiger partial charge in [0.2, 0.25) is 0 Å². The van der Waals surface area contributed by atoms with Crippen LogP contribution in [0.15, 0.2) is 5.11 Å². The molecule has 1 fully saturated rings. The Labute approximate surface area is 86.6 Å². The Morgan fingerprint density at radius 3 is 2.93 bits per heavy atom. The first kappa shape index (κ1) is 11.8. The summed E-state index contributed by atoms with van der Waals surface area (Å²) < 4.78 is 9.88. The fourth-order valence-electron chi connectivity index (χ4n) is 1.28. The van der Waals surface area contributed by atoms with Gasteiger partial charge in [-0.2, -0.15) is 0 Å². The predicted molar refractivity (Wildman–Crippen MR) is 49.9 cm³/mol. The van der Waals surface area contributed by atoms with Crippen LogP contribution in [0, 0.1) is 0 Å². The third-order valence-corrected chi connectivity index (χ3v) is 1.94. The minimum atomic E-state index is -1.13. The van der Waals surface area contributed by atoms with Gasteiger partial charge in [-0.25, -0.2) is 4.79 Å². The standard InChI is InChI=1S/C8H13N3O4/c1-4(2)15-8(13)7-6(12)5(3-14-7)10-11-9/h4-7,12H,3H2,1-2H3/t5-,6+,7-/m0/s1. The molecule has 1 saturated heterocycles. The molecular formula is C8H13N3O4. The van der Waals surface area contributed by atoms with Gasteiger partial charge in [0.25, 0.3) is 0 Å². The fourth-order valence-corrected chi connectivity index (χ4v) is 1.28. The van der Waals surface area contributed by atoms with Gasteiger partial charge < -0.3 is 14.6 Å². The second kappa shape index (κ2) is 4.97. The summed E-state index contributed by atoms with van der Waals surface area (Å²) in [5, 5.41) is 12.9. The van der Waals surface area contributed by atoms with Crippen LogP contribution in [-0.4, -0.2) is 42.0 Å². The zero-order valence-electron chi connectivity index (χ0n) is 8.53. The number of azide groups is 1. The average molecular weight is 215 g/mol. The lowest BCUT2D eigenvalue weighted by molar-refractivity contribution is -0.162. The minimum Gasteiger partial charge on any atom is -0.461 e. The van der Waals surface area contributed by atoms with Crippen molar-refractivity contribution < 1.29 is 19.4 Å². The SMILES string of the molecule is CC(C)OC(=O)[C@H]1OC[C@H](N=[N+]=[N-])[C@H]1O. The number of hydrogen-bond acceptors (Lipinski definition) is 5. The van der Waals surface area contributed by atoms with E-state index < -0.39 is 24.2 Å². The Kier molecular flexibility index (Phi) is 3.90. The molecule has 84 valence electrons. The zero-order valence-corrected chi connectivity index (χ0v) is 8.53. The molecule has 3 atom stereocenters. The summed E-state index contributed by atoms with van der Waals surface area (Å²) in [6.07, 6.45) is -2.46. The fraction of sp³-hybridized carbons (Fsp3) is 0.875. The van der Waals surface area contributed by atoms with E-state index in [2.05, 4.69) is 10.0 Å². The number of ether oxygens (including phenoxy) is 2. The summed E-state index contributed by atoms with van der Waals surface area (Å²) >= 11 is 0. The normalized spacial score (nSPS) is 30.0. The van der Waals surface area contributed by atoms with Gasteiger partial charge in [-0.05, 0) is 19.4 Å². The van der Waals surface area contributed by atoms with Crippen LogP contribution in [0.5, 0.6) is 0 Å². The Morgan fingerprint density at radius 2 is 2.40 bits per heavy atom. The smallest absolute Gasteiger partial charge is 0.338 e. The molecule has 0 aromatic carbocycles. The average Bonchev–Trinajstić information content (AvgIpc) is 2.48. The molecule has 15 heavy (non-hydrogen) atoms. The number of nitrogens with zero attached hydrogens (tertiary/aromatic N) is 3. The van der Waals surface area contributed by atoms with Crippen LogP contribution in [0.2, 0.25) is 0 Å². The van der Waals surface area contributed by atoms with Gasteiger partial charge in [-0.15, -0.1) is 0 Å². The molecule has 0 aromatic heterocycles. The summed E-state index contributed by atoms with van der Waals surface area (Å²) in [5.74, 6) is -0.631. The Bertz CT molecular complexity index is 288. The van der Waals surface area contributed by atoms with Gasteiger partial charge in [0.1, 0.15) is 6.10 Å². The predicted octanol–water partition coefficient (Wildman–Crippen LogP) is 0.377. The third kappa shape index (κ3) is 2.82. The molecule has 1 rings (SSSR count). The highest BCUT2D eigenvalue weighted by atomic mass is 16.6. The molecule has 7 nitrogen and oxygen atoms in total. The molecule has 0 unspecified atom stereocenters. The summed E-state index contributed by atoms with van der Waals surface area (Å²) in [7, 11) is 0. The van der Waals surface area contributed by atoms with Crippen LogP contribution in [0.3, 0.4) is 0 Å². The topological polar surface area (TPSA) is 105 Å². The Balaban J connectivity index is 2.58. The number of carbonyl (C=O) groups is 1. The van der Waals surface area contributed by atoms with E-state index in [-0.39, 0.29) is 12.7 Å². The van der Waals surface area contributed by atoms with Crippen molar-refractivity contribution in [2.45, 2.75) is 38.2 Å². The van der Waals surface area contributed by atoms with Gasteiger partial charge in [-0.1, -0.05) is 5.11 Å². The molecule has 0 amide bonds. The molecule has 0 aliphatic carbocycles. The summed E-state index contributed by atoms with van der Waals surface area (Å²) in [5.41, 5.74) is 8.19. The summed E-state index contributed by atoms with van der Waals surface area (Å²) in [4.78, 5) is 13.9. The summed E-state index contributed by atoms with van der Waals surface area (Å²) in [6, 6.07) is -0.722. The van der Waals surface area contributed by atoms with Crippen molar-refractivity contribution >= 4 is 5.97 Å². The van der Waals surface area contributed by atoms with Gasteiger partial charge in [0.15, 0.2) is 6.10 Å². The molecule has 0 bridgehead atoms. The molecule has 0 saturated carbocycles. The van der Waals surface area contributed by atoms with Gasteiger partial charge in [-0.3, -0.25) is 0 Å². The van der Waals surface area contributed by atoms with Crippen molar-refractivity contribution in [2.75, 3.05) is 6.61 Å². The van der Waals surface area contributed by atoms with Crippen LogP contribution < -0.4 is 0 Å². The number of hydrogen-bond donors (Lipinski definition) is 1. The van der Waals surface area contributed by atoms with Gasteiger partial charge >= 0.3 is 5.97 Å². The van der Waals surface area contributed by atoms with E-state index in [0.717, 1.165) is 0 Å². The van der Waals surface area contributed by atoms with Gasteiger partial charge in [0, 0.05) is 4.91 Å². The lowest BCUT2D eigenvalue weighted by Gasteiger charge is -2.15. The molecule has 1 heterocycles. The van der Waals surface area contributed by atoms with Crippen LogP contribution in [0.25, 0.3) is 10.4 Å². The van der Waals surface area contributed by atoms with E-state index >= 15 is 0 Å². The largest absolute Gasteiger partial charge is 0.461 e. The first-order valence-electron chi connectivity index (χ1n) is 4.60. The van der Waals surface area contributed by atoms with E-state index in [1.165, 1.54) is 0 Å². The number of carbonyl (C=O) groups excluding carboxylic acids is 1. The molecule has 0 spiro atoms. The number of esters is 1. The van der Waals surface area contributed by atoms with Crippen LogP contribution in [0.4, 0.5) is 0 Å². The van der Waals surface area contributed by atoms with Crippen LogP contribution >= 0.6 is 0 Å². The molecular weight excluding hydrogens is 202 g/mol. The number of aliphatic hydroxyl groups is 1. The Hall–Kier alpha value is -1.30. The van der Waals surface area contributed by atoms with Crippen molar-refractivity contribution in [1.29, 1.82) is 0 Å². The lowest BCUT2D eigenvalue weighted by atomic mass is 10.1. The third-order valence-electron chi connectivity index (χ3n) is 1.94. The van der Waals surface area contributed by atoms with E-state index in [1.807, 2.05) is 0 Å². The summed E-state index contributed by atoms with van der Waals surface area (Å²) in [6.45, 7) is 3.43. The molecule has 1 aliphatic rings. The highest BCUT2D eigenvalue weighted by Gasteiger charge is 2.41. The molecule has 1 N–H and O–H groups in total. The van der Waals surface area contributed by atoms with Crippen molar-refractivity contribution in [3.63, 3.8) is 0 Å². The van der Waals surface area contributed by atoms with Gasteiger partial charge in [0.05, 0.1) is 18.8 Å². The molecule has 0 radical (unpaired) electrons. The Morgan fingerprint density at radius 1 is 1.73 bits per heavy atom. The maximum Gasteiger partial charge on any atom is 0.338 e. The zero-order chi connectivity index (χ0) is 11.4. The minimum absolute atomic E-state index is 0.0308. The molecule has 1 aliphatic heterocycles. The highest BCUT2D eigenvalue weighted by Crippen LogP contribution is 2.19. The van der Waals surface area contributed by atoms with E-state index in [0.29, 0.717) is 0 Å². The quantitative estimate of drug-likeness (QED) is 0.318. The van der Waals surface area contributed by atoms with E-state index in [4.69, 9.17) is 15.0 Å². The molecule has 7 heteroatoms. The second-order valence-electron chi connectivity index (χ2n) is 3.50. The maximum atomic E-state index is 11.4. The second-order valence-corrected chi connectivity index (χ2v) is 3.50. The lowest BCUT2D eigenvalue weighted by Crippen LogP contribution is -2.37. The first-order valence-corrected chi connectivity index (χ1v) is 4.60. The van der Waals surface area contributed by atoms with Crippen molar-refractivity contribution in [2.24, 2.45) is 5.11 Å². The van der Waals surface area contributed by atoms with Crippen molar-refractivity contribution in [3.05, 3.63) is 10.4 Å². The number of rotatable bonds is 3. The first-order chi connectivity index (χ1) is 7.06. The van der Waals surface area contributed by atoms with E-state index in [1.54, 1.807) is 13.8 Å². The van der Waals surface area contributed by atoms with E-state index in [9.17, 15) is 9.90 Å².